The number of nitrogens with one attached hydrogen (secondary N) is 2. The number of halogens is 4. The minimum Gasteiger partial charge on any atom is -0.484 e. The molecule has 1 amide bonds. The standard InChI is InChI=1S/C14H17F3N2O3.ClH/c15-14(16,17)9-22-12-3-1-10(2-4-12)19-13(20)7-11-8-21-6-5-18-11;/h1-4,11,18H,5-9H2,(H,19,20);1H. The summed E-state index contributed by atoms with van der Waals surface area (Å²) in [6, 6.07) is 5.72. The number of carbonyl (C=O) groups excluding carboxylic acids is 1. The van der Waals surface area contributed by atoms with Gasteiger partial charge in [-0.1, -0.05) is 0 Å². The van der Waals surface area contributed by atoms with Gasteiger partial charge in [0.2, 0.25) is 5.91 Å². The lowest BCUT2D eigenvalue weighted by Gasteiger charge is -2.23. The number of amides is 1. The van der Waals surface area contributed by atoms with Crippen molar-refractivity contribution < 1.29 is 27.4 Å². The van der Waals surface area contributed by atoms with Crippen molar-refractivity contribution >= 4 is 24.0 Å². The summed E-state index contributed by atoms with van der Waals surface area (Å²) in [7, 11) is 0. The van der Waals surface area contributed by atoms with Crippen molar-refractivity contribution in [1.29, 1.82) is 0 Å². The van der Waals surface area contributed by atoms with Gasteiger partial charge in [-0.3, -0.25) is 4.79 Å². The van der Waals surface area contributed by atoms with Gasteiger partial charge < -0.3 is 20.1 Å². The summed E-state index contributed by atoms with van der Waals surface area (Å²) in [6.07, 6.45) is -4.10. The molecule has 0 spiro atoms. The van der Waals surface area contributed by atoms with Crippen LogP contribution in [-0.4, -0.2) is 44.5 Å². The molecule has 1 fully saturated rings. The molecule has 1 atom stereocenters. The summed E-state index contributed by atoms with van der Waals surface area (Å²) in [5.41, 5.74) is 0.501. The Kier molecular flexibility index (Phi) is 7.60. The van der Waals surface area contributed by atoms with E-state index in [2.05, 4.69) is 15.4 Å². The Balaban J connectivity index is 0.00000264. The van der Waals surface area contributed by atoms with Crippen LogP contribution in [0.3, 0.4) is 0 Å². The fourth-order valence-corrected chi connectivity index (χ4v) is 1.99. The molecular weight excluding hydrogens is 337 g/mol. The quantitative estimate of drug-likeness (QED) is 0.852. The molecule has 23 heavy (non-hydrogen) atoms. The molecule has 9 heteroatoms. The molecule has 2 N–H and O–H groups in total. The van der Waals surface area contributed by atoms with Crippen LogP contribution >= 0.6 is 12.4 Å². The lowest BCUT2D eigenvalue weighted by atomic mass is 10.2. The second kappa shape index (κ2) is 8.95. The number of carbonyl (C=O) groups is 1. The van der Waals surface area contributed by atoms with Gasteiger partial charge in [-0.05, 0) is 24.3 Å². The first-order valence-corrected chi connectivity index (χ1v) is 6.83. The molecule has 0 bridgehead atoms. The summed E-state index contributed by atoms with van der Waals surface area (Å²) < 4.78 is 45.9. The molecule has 1 aliphatic rings. The Bertz CT molecular complexity index is 491. The van der Waals surface area contributed by atoms with Crippen LogP contribution in [0.2, 0.25) is 0 Å². The van der Waals surface area contributed by atoms with Crippen molar-refractivity contribution in [2.24, 2.45) is 0 Å². The monoisotopic (exact) mass is 354 g/mol. The maximum absolute atomic E-state index is 12.0. The lowest BCUT2D eigenvalue weighted by Crippen LogP contribution is -2.43. The van der Waals surface area contributed by atoms with Crippen LogP contribution in [0, 0.1) is 0 Å². The van der Waals surface area contributed by atoms with E-state index in [0.717, 1.165) is 0 Å². The molecule has 0 saturated carbocycles. The van der Waals surface area contributed by atoms with E-state index in [-0.39, 0.29) is 36.5 Å². The normalized spacial score (nSPS) is 18.0. The maximum atomic E-state index is 12.0. The number of hydrogen-bond donors (Lipinski definition) is 2. The molecule has 1 aromatic rings. The second-order valence-corrected chi connectivity index (χ2v) is 4.91. The van der Waals surface area contributed by atoms with Gasteiger partial charge in [-0.2, -0.15) is 13.2 Å². The van der Waals surface area contributed by atoms with E-state index < -0.39 is 12.8 Å². The Morgan fingerprint density at radius 3 is 2.61 bits per heavy atom. The van der Waals surface area contributed by atoms with Crippen LogP contribution in [0.25, 0.3) is 0 Å². The average molecular weight is 355 g/mol. The fraction of sp³-hybridized carbons (Fsp3) is 0.500. The van der Waals surface area contributed by atoms with Gasteiger partial charge in [0.15, 0.2) is 6.61 Å². The number of alkyl halides is 3. The van der Waals surface area contributed by atoms with Crippen molar-refractivity contribution in [2.45, 2.75) is 18.6 Å². The highest BCUT2D eigenvalue weighted by Crippen LogP contribution is 2.20. The van der Waals surface area contributed by atoms with E-state index in [0.29, 0.717) is 25.4 Å². The predicted molar refractivity (Wildman–Crippen MR) is 81.1 cm³/mol. The summed E-state index contributed by atoms with van der Waals surface area (Å²) in [6.45, 7) is 0.490. The summed E-state index contributed by atoms with van der Waals surface area (Å²) in [5.74, 6) is -0.0929. The number of ether oxygens (including phenoxy) is 2. The lowest BCUT2D eigenvalue weighted by molar-refractivity contribution is -0.153. The molecule has 1 saturated heterocycles. The smallest absolute Gasteiger partial charge is 0.422 e. The Morgan fingerprint density at radius 1 is 1.35 bits per heavy atom. The van der Waals surface area contributed by atoms with Crippen molar-refractivity contribution in [1.82, 2.24) is 5.32 Å². The highest BCUT2D eigenvalue weighted by atomic mass is 35.5. The van der Waals surface area contributed by atoms with Crippen molar-refractivity contribution in [3.8, 4) is 5.75 Å². The predicted octanol–water partition coefficient (Wildman–Crippen LogP) is 2.37. The number of benzene rings is 1. The topological polar surface area (TPSA) is 59.6 Å². The summed E-state index contributed by atoms with van der Waals surface area (Å²) in [5, 5.41) is 5.84. The number of anilines is 1. The number of hydrogen-bond acceptors (Lipinski definition) is 4. The van der Waals surface area contributed by atoms with E-state index in [1.54, 1.807) is 0 Å². The highest BCUT2D eigenvalue weighted by molar-refractivity contribution is 5.91. The molecule has 0 aromatic heterocycles. The van der Waals surface area contributed by atoms with Gasteiger partial charge in [0.1, 0.15) is 5.75 Å². The molecule has 0 aliphatic carbocycles. The molecular formula is C14H18ClF3N2O3. The maximum Gasteiger partial charge on any atom is 0.422 e. The van der Waals surface area contributed by atoms with Crippen molar-refractivity contribution in [3.63, 3.8) is 0 Å². The van der Waals surface area contributed by atoms with Crippen LogP contribution < -0.4 is 15.4 Å². The Morgan fingerprint density at radius 2 is 2.04 bits per heavy atom. The highest BCUT2D eigenvalue weighted by Gasteiger charge is 2.28. The van der Waals surface area contributed by atoms with Gasteiger partial charge in [-0.25, -0.2) is 0 Å². The van der Waals surface area contributed by atoms with E-state index in [1.165, 1.54) is 24.3 Å². The van der Waals surface area contributed by atoms with Gasteiger partial charge in [0.25, 0.3) is 0 Å². The van der Waals surface area contributed by atoms with Gasteiger partial charge >= 0.3 is 6.18 Å². The minimum absolute atomic E-state index is 0. The largest absolute Gasteiger partial charge is 0.484 e. The zero-order valence-corrected chi connectivity index (χ0v) is 13.0. The van der Waals surface area contributed by atoms with E-state index in [9.17, 15) is 18.0 Å². The third-order valence-corrected chi connectivity index (χ3v) is 2.97. The fourth-order valence-electron chi connectivity index (χ4n) is 1.99. The van der Waals surface area contributed by atoms with Gasteiger partial charge in [0.05, 0.1) is 13.2 Å². The Labute approximate surface area is 137 Å². The molecule has 130 valence electrons. The summed E-state index contributed by atoms with van der Waals surface area (Å²) >= 11 is 0. The molecule has 5 nitrogen and oxygen atoms in total. The van der Waals surface area contributed by atoms with Gasteiger partial charge in [-0.15, -0.1) is 12.4 Å². The molecule has 0 radical (unpaired) electrons. The summed E-state index contributed by atoms with van der Waals surface area (Å²) in [4.78, 5) is 11.8. The molecule has 1 heterocycles. The minimum atomic E-state index is -4.37. The van der Waals surface area contributed by atoms with Crippen LogP contribution in [0.4, 0.5) is 18.9 Å². The van der Waals surface area contributed by atoms with Crippen molar-refractivity contribution in [2.75, 3.05) is 31.7 Å². The number of rotatable bonds is 5. The first kappa shape index (κ1) is 19.5. The zero-order chi connectivity index (χ0) is 16.0. The van der Waals surface area contributed by atoms with Crippen molar-refractivity contribution in [3.05, 3.63) is 24.3 Å². The zero-order valence-electron chi connectivity index (χ0n) is 12.2. The van der Waals surface area contributed by atoms with Crippen LogP contribution in [0.1, 0.15) is 6.42 Å². The van der Waals surface area contributed by atoms with Crippen LogP contribution in [0.5, 0.6) is 5.75 Å². The number of morpholine rings is 1. The molecule has 2 rings (SSSR count). The third kappa shape index (κ3) is 7.54. The first-order valence-electron chi connectivity index (χ1n) is 6.83. The molecule has 1 aliphatic heterocycles. The SMILES string of the molecule is Cl.O=C(CC1COCCN1)Nc1ccc(OCC(F)(F)F)cc1. The van der Waals surface area contributed by atoms with E-state index >= 15 is 0 Å². The Hall–Kier alpha value is -1.51. The first-order chi connectivity index (χ1) is 10.4. The third-order valence-electron chi connectivity index (χ3n) is 2.97. The van der Waals surface area contributed by atoms with Crippen LogP contribution in [0.15, 0.2) is 24.3 Å². The van der Waals surface area contributed by atoms with Gasteiger partial charge in [0, 0.05) is 24.7 Å². The van der Waals surface area contributed by atoms with E-state index in [4.69, 9.17) is 4.74 Å². The van der Waals surface area contributed by atoms with Crippen LogP contribution in [-0.2, 0) is 9.53 Å². The second-order valence-electron chi connectivity index (χ2n) is 4.91. The molecule has 1 unspecified atom stereocenters. The molecule has 1 aromatic carbocycles. The van der Waals surface area contributed by atoms with E-state index in [1.807, 2.05) is 0 Å². The average Bonchev–Trinajstić information content (AvgIpc) is 2.47.